The van der Waals surface area contributed by atoms with Gasteiger partial charge in [0, 0.05) is 18.3 Å². The average molecular weight is 252 g/mol. The second-order valence-electron chi connectivity index (χ2n) is 4.67. The van der Waals surface area contributed by atoms with Crippen molar-refractivity contribution in [3.63, 3.8) is 0 Å². The van der Waals surface area contributed by atoms with E-state index in [0.29, 0.717) is 0 Å². The maximum absolute atomic E-state index is 9.29. The molecule has 0 radical (unpaired) electrons. The van der Waals surface area contributed by atoms with Crippen LogP contribution >= 0.6 is 0 Å². The second-order valence-corrected chi connectivity index (χ2v) is 4.67. The summed E-state index contributed by atoms with van der Waals surface area (Å²) in [4.78, 5) is 4.53. The molecule has 0 saturated carbocycles. The molecule has 1 aromatic carbocycles. The van der Waals surface area contributed by atoms with Crippen LogP contribution in [0.1, 0.15) is 12.1 Å². The predicted molar refractivity (Wildman–Crippen MR) is 76.8 cm³/mol. The Labute approximate surface area is 112 Å². The molecular formula is C16H16N2O. The van der Waals surface area contributed by atoms with Crippen molar-refractivity contribution in [3.05, 3.63) is 54.4 Å². The minimum atomic E-state index is 0.284. The first-order valence-corrected chi connectivity index (χ1v) is 6.48. The van der Waals surface area contributed by atoms with Crippen molar-refractivity contribution in [2.45, 2.75) is 6.42 Å². The molecule has 0 aliphatic carbocycles. The summed E-state index contributed by atoms with van der Waals surface area (Å²) in [5.41, 5.74) is 4.43. The fourth-order valence-electron chi connectivity index (χ4n) is 2.25. The Morgan fingerprint density at radius 3 is 2.42 bits per heavy atom. The number of hydrogen-bond acceptors (Lipinski definition) is 3. The van der Waals surface area contributed by atoms with Crippen LogP contribution in [0.15, 0.2) is 48.7 Å². The molecule has 2 heterocycles. The Bertz CT molecular complexity index is 585. The average Bonchev–Trinajstić information content (AvgIpc) is 2.49. The van der Waals surface area contributed by atoms with Crippen molar-refractivity contribution < 1.29 is 5.11 Å². The van der Waals surface area contributed by atoms with E-state index < -0.39 is 0 Å². The van der Waals surface area contributed by atoms with Gasteiger partial charge in [0.2, 0.25) is 0 Å². The van der Waals surface area contributed by atoms with Crippen LogP contribution in [0.4, 0.5) is 0 Å². The van der Waals surface area contributed by atoms with E-state index in [0.717, 1.165) is 36.3 Å². The third kappa shape index (κ3) is 2.66. The first kappa shape index (κ1) is 11.9. The molecule has 0 saturated heterocycles. The van der Waals surface area contributed by atoms with Gasteiger partial charge in [-0.15, -0.1) is 0 Å². The first-order valence-electron chi connectivity index (χ1n) is 6.48. The zero-order valence-corrected chi connectivity index (χ0v) is 10.6. The SMILES string of the molecule is Oc1ccc(-c2ccc(C3=CCCNC3)nc2)cc1. The van der Waals surface area contributed by atoms with Crippen molar-refractivity contribution in [1.29, 1.82) is 0 Å². The van der Waals surface area contributed by atoms with Crippen LogP contribution in [0.25, 0.3) is 16.7 Å². The molecule has 0 unspecified atom stereocenters. The van der Waals surface area contributed by atoms with E-state index in [9.17, 15) is 5.11 Å². The Morgan fingerprint density at radius 2 is 1.79 bits per heavy atom. The molecule has 3 heteroatoms. The lowest BCUT2D eigenvalue weighted by Crippen LogP contribution is -2.21. The van der Waals surface area contributed by atoms with Crippen LogP contribution < -0.4 is 5.32 Å². The van der Waals surface area contributed by atoms with E-state index in [1.165, 1.54) is 5.57 Å². The predicted octanol–water partition coefficient (Wildman–Crippen LogP) is 2.83. The van der Waals surface area contributed by atoms with E-state index >= 15 is 0 Å². The minimum Gasteiger partial charge on any atom is -0.508 e. The number of benzene rings is 1. The van der Waals surface area contributed by atoms with E-state index in [1.807, 2.05) is 18.3 Å². The molecule has 1 aliphatic heterocycles. The Morgan fingerprint density at radius 1 is 1.00 bits per heavy atom. The Hall–Kier alpha value is -2.13. The highest BCUT2D eigenvalue weighted by molar-refractivity contribution is 5.68. The standard InChI is InChI=1S/C16H16N2O/c19-15-6-3-12(4-7-15)13-5-8-16(18-11-13)14-2-1-9-17-10-14/h2-8,11,17,19H,1,9-10H2. The number of pyridine rings is 1. The van der Waals surface area contributed by atoms with Crippen molar-refractivity contribution in [2.75, 3.05) is 13.1 Å². The number of nitrogens with zero attached hydrogens (tertiary/aromatic N) is 1. The second kappa shape index (κ2) is 5.24. The third-order valence-electron chi connectivity index (χ3n) is 3.32. The summed E-state index contributed by atoms with van der Waals surface area (Å²) in [6, 6.07) is 11.3. The topological polar surface area (TPSA) is 45.1 Å². The smallest absolute Gasteiger partial charge is 0.115 e. The zero-order valence-electron chi connectivity index (χ0n) is 10.6. The molecule has 3 nitrogen and oxygen atoms in total. The lowest BCUT2D eigenvalue weighted by Gasteiger charge is -2.13. The molecule has 2 N–H and O–H groups in total. The van der Waals surface area contributed by atoms with Crippen LogP contribution in [0.5, 0.6) is 5.75 Å². The number of aromatic nitrogens is 1. The Balaban J connectivity index is 1.86. The van der Waals surface area contributed by atoms with Gasteiger partial charge in [0.25, 0.3) is 0 Å². The molecular weight excluding hydrogens is 236 g/mol. The Kier molecular flexibility index (Phi) is 3.29. The quantitative estimate of drug-likeness (QED) is 0.864. The lowest BCUT2D eigenvalue weighted by molar-refractivity contribution is 0.475. The maximum Gasteiger partial charge on any atom is 0.115 e. The van der Waals surface area contributed by atoms with E-state index in [4.69, 9.17) is 0 Å². The normalized spacial score (nSPS) is 15.1. The van der Waals surface area contributed by atoms with Gasteiger partial charge in [-0.3, -0.25) is 4.98 Å². The van der Waals surface area contributed by atoms with Crippen LogP contribution in [0.3, 0.4) is 0 Å². The summed E-state index contributed by atoms with van der Waals surface area (Å²) in [6.07, 6.45) is 5.20. The minimum absolute atomic E-state index is 0.284. The van der Waals surface area contributed by atoms with Crippen LogP contribution in [0.2, 0.25) is 0 Å². The van der Waals surface area contributed by atoms with E-state index in [2.05, 4.69) is 28.5 Å². The molecule has 0 atom stereocenters. The molecule has 2 aromatic rings. The summed E-state index contributed by atoms with van der Waals surface area (Å²) >= 11 is 0. The van der Waals surface area contributed by atoms with Crippen molar-refractivity contribution >= 4 is 5.57 Å². The molecule has 1 aliphatic rings. The summed E-state index contributed by atoms with van der Waals surface area (Å²) in [6.45, 7) is 1.95. The number of rotatable bonds is 2. The summed E-state index contributed by atoms with van der Waals surface area (Å²) < 4.78 is 0. The highest BCUT2D eigenvalue weighted by Crippen LogP contribution is 2.23. The van der Waals surface area contributed by atoms with Gasteiger partial charge in [-0.25, -0.2) is 0 Å². The molecule has 0 amide bonds. The van der Waals surface area contributed by atoms with Crippen LogP contribution in [-0.4, -0.2) is 23.2 Å². The van der Waals surface area contributed by atoms with Gasteiger partial charge < -0.3 is 10.4 Å². The number of nitrogens with one attached hydrogen (secondary N) is 1. The van der Waals surface area contributed by atoms with Gasteiger partial charge in [-0.2, -0.15) is 0 Å². The fourth-order valence-corrected chi connectivity index (χ4v) is 2.25. The highest BCUT2D eigenvalue weighted by atomic mass is 16.3. The highest BCUT2D eigenvalue weighted by Gasteiger charge is 2.07. The summed E-state index contributed by atoms with van der Waals surface area (Å²) in [5, 5.41) is 12.6. The molecule has 0 bridgehead atoms. The number of aromatic hydroxyl groups is 1. The molecule has 3 rings (SSSR count). The van der Waals surface area contributed by atoms with Gasteiger partial charge in [-0.1, -0.05) is 24.3 Å². The molecule has 1 aromatic heterocycles. The first-order chi connectivity index (χ1) is 9.33. The lowest BCUT2D eigenvalue weighted by atomic mass is 10.0. The number of phenols is 1. The van der Waals surface area contributed by atoms with Crippen molar-refractivity contribution in [3.8, 4) is 16.9 Å². The summed E-state index contributed by atoms with van der Waals surface area (Å²) in [5.74, 6) is 0.284. The zero-order chi connectivity index (χ0) is 13.1. The van der Waals surface area contributed by atoms with Crippen molar-refractivity contribution in [2.24, 2.45) is 0 Å². The van der Waals surface area contributed by atoms with Crippen LogP contribution in [0, 0.1) is 0 Å². The number of phenolic OH excluding ortho intramolecular Hbond substituents is 1. The van der Waals surface area contributed by atoms with Crippen molar-refractivity contribution in [1.82, 2.24) is 10.3 Å². The molecule has 19 heavy (non-hydrogen) atoms. The largest absolute Gasteiger partial charge is 0.508 e. The molecule has 96 valence electrons. The van der Waals surface area contributed by atoms with Gasteiger partial charge >= 0.3 is 0 Å². The third-order valence-corrected chi connectivity index (χ3v) is 3.32. The fraction of sp³-hybridized carbons (Fsp3) is 0.188. The van der Waals surface area contributed by atoms with Gasteiger partial charge in [0.1, 0.15) is 5.75 Å². The molecule has 0 fully saturated rings. The summed E-state index contributed by atoms with van der Waals surface area (Å²) in [7, 11) is 0. The van der Waals surface area contributed by atoms with E-state index in [1.54, 1.807) is 12.1 Å². The number of hydrogen-bond donors (Lipinski definition) is 2. The van der Waals surface area contributed by atoms with Gasteiger partial charge in [0.15, 0.2) is 0 Å². The van der Waals surface area contributed by atoms with Crippen LogP contribution in [-0.2, 0) is 0 Å². The maximum atomic E-state index is 9.29. The molecule has 0 spiro atoms. The van der Waals surface area contributed by atoms with E-state index in [-0.39, 0.29) is 5.75 Å². The van der Waals surface area contributed by atoms with Gasteiger partial charge in [0.05, 0.1) is 5.69 Å². The monoisotopic (exact) mass is 252 g/mol. The van der Waals surface area contributed by atoms with Gasteiger partial charge in [-0.05, 0) is 42.3 Å².